The van der Waals surface area contributed by atoms with E-state index in [0.29, 0.717) is 29.4 Å². The number of rotatable bonds is 5. The van der Waals surface area contributed by atoms with Gasteiger partial charge >= 0.3 is 0 Å². The van der Waals surface area contributed by atoms with E-state index in [1.807, 2.05) is 26.8 Å². The number of hydrogen-bond donors (Lipinski definition) is 1. The number of nitrogens with zero attached hydrogens (tertiary/aromatic N) is 2. The van der Waals surface area contributed by atoms with E-state index < -0.39 is 0 Å². The Morgan fingerprint density at radius 1 is 1.17 bits per heavy atom. The maximum atomic E-state index is 12.4. The van der Waals surface area contributed by atoms with Crippen molar-refractivity contribution in [2.24, 2.45) is 0 Å². The summed E-state index contributed by atoms with van der Waals surface area (Å²) in [6, 6.07) is 8.38. The number of hydrogen-bond acceptors (Lipinski definition) is 3. The number of nitrogens with one attached hydrogen (secondary N) is 1. The topological polar surface area (TPSA) is 62.3 Å². The van der Waals surface area contributed by atoms with Gasteiger partial charge in [-0.05, 0) is 50.6 Å². The van der Waals surface area contributed by atoms with Gasteiger partial charge in [-0.1, -0.05) is 17.7 Å². The minimum Gasteiger partial charge on any atom is -0.338 e. The number of carbonyl (C=O) groups is 2. The summed E-state index contributed by atoms with van der Waals surface area (Å²) in [7, 11) is 0. The van der Waals surface area contributed by atoms with Gasteiger partial charge in [0.25, 0.3) is 11.8 Å². The zero-order valence-corrected chi connectivity index (χ0v) is 14.7. The molecule has 1 heterocycles. The second-order valence-corrected chi connectivity index (χ2v) is 5.73. The van der Waals surface area contributed by atoms with Crippen molar-refractivity contribution >= 4 is 29.1 Å². The zero-order valence-electron chi connectivity index (χ0n) is 14.0. The fourth-order valence-electron chi connectivity index (χ4n) is 2.24. The standard InChI is InChI=1S/C18H20ClN3O2/c1-4-22(5-2)18(24)16-10-13(8-9-20-16)17(23)21-14-7-6-12(3)15(19)11-14/h6-11H,4-5H2,1-3H3,(H,21,23). The van der Waals surface area contributed by atoms with Crippen LogP contribution in [0.3, 0.4) is 0 Å². The molecule has 0 aliphatic heterocycles. The van der Waals surface area contributed by atoms with Crippen LogP contribution in [0.15, 0.2) is 36.5 Å². The minimum atomic E-state index is -0.314. The van der Waals surface area contributed by atoms with E-state index in [2.05, 4.69) is 10.3 Å². The molecule has 0 saturated heterocycles. The molecule has 0 atom stereocenters. The van der Waals surface area contributed by atoms with Crippen molar-refractivity contribution in [1.29, 1.82) is 0 Å². The smallest absolute Gasteiger partial charge is 0.272 e. The molecule has 2 rings (SSSR count). The molecule has 0 unspecified atom stereocenters. The molecule has 5 nitrogen and oxygen atoms in total. The lowest BCUT2D eigenvalue weighted by Gasteiger charge is -2.18. The molecular formula is C18H20ClN3O2. The van der Waals surface area contributed by atoms with Crippen molar-refractivity contribution in [1.82, 2.24) is 9.88 Å². The van der Waals surface area contributed by atoms with E-state index in [0.717, 1.165) is 5.56 Å². The number of benzene rings is 1. The van der Waals surface area contributed by atoms with E-state index in [1.165, 1.54) is 12.3 Å². The van der Waals surface area contributed by atoms with Crippen LogP contribution in [0.5, 0.6) is 0 Å². The number of amides is 2. The summed E-state index contributed by atoms with van der Waals surface area (Å²) in [5.74, 6) is -0.501. The molecule has 0 aliphatic rings. The zero-order chi connectivity index (χ0) is 17.7. The van der Waals surface area contributed by atoms with Crippen LogP contribution in [-0.2, 0) is 0 Å². The van der Waals surface area contributed by atoms with Gasteiger partial charge in [0.2, 0.25) is 0 Å². The monoisotopic (exact) mass is 345 g/mol. The molecule has 0 saturated carbocycles. The molecule has 0 spiro atoms. The summed E-state index contributed by atoms with van der Waals surface area (Å²) in [4.78, 5) is 30.5. The van der Waals surface area contributed by atoms with E-state index in [4.69, 9.17) is 11.6 Å². The third-order valence-electron chi connectivity index (χ3n) is 3.72. The Morgan fingerprint density at radius 2 is 1.88 bits per heavy atom. The first kappa shape index (κ1) is 17.9. The van der Waals surface area contributed by atoms with Crippen molar-refractivity contribution < 1.29 is 9.59 Å². The first-order valence-corrected chi connectivity index (χ1v) is 8.16. The largest absolute Gasteiger partial charge is 0.338 e. The van der Waals surface area contributed by atoms with Gasteiger partial charge in [-0.3, -0.25) is 14.6 Å². The van der Waals surface area contributed by atoms with Crippen LogP contribution in [0.4, 0.5) is 5.69 Å². The van der Waals surface area contributed by atoms with Gasteiger partial charge in [0.1, 0.15) is 5.69 Å². The van der Waals surface area contributed by atoms with Crippen molar-refractivity contribution in [3.8, 4) is 0 Å². The Morgan fingerprint density at radius 3 is 2.50 bits per heavy atom. The second-order valence-electron chi connectivity index (χ2n) is 5.33. The summed E-state index contributed by atoms with van der Waals surface area (Å²) >= 11 is 6.07. The van der Waals surface area contributed by atoms with Gasteiger partial charge in [-0.15, -0.1) is 0 Å². The van der Waals surface area contributed by atoms with Crippen molar-refractivity contribution in [2.45, 2.75) is 20.8 Å². The SMILES string of the molecule is CCN(CC)C(=O)c1cc(C(=O)Nc2ccc(C)c(Cl)c2)ccn1. The molecule has 1 N–H and O–H groups in total. The highest BCUT2D eigenvalue weighted by molar-refractivity contribution is 6.31. The van der Waals surface area contributed by atoms with Crippen LogP contribution in [0.1, 0.15) is 40.3 Å². The summed E-state index contributed by atoms with van der Waals surface area (Å²) < 4.78 is 0. The predicted molar refractivity (Wildman–Crippen MR) is 95.6 cm³/mol. The van der Waals surface area contributed by atoms with E-state index in [-0.39, 0.29) is 17.5 Å². The van der Waals surface area contributed by atoms with Crippen molar-refractivity contribution in [2.75, 3.05) is 18.4 Å². The highest BCUT2D eigenvalue weighted by Gasteiger charge is 2.16. The third-order valence-corrected chi connectivity index (χ3v) is 4.13. The van der Waals surface area contributed by atoms with Crippen molar-refractivity contribution in [3.63, 3.8) is 0 Å². The van der Waals surface area contributed by atoms with Crippen LogP contribution in [0.25, 0.3) is 0 Å². The number of halogens is 1. The van der Waals surface area contributed by atoms with Crippen LogP contribution in [0.2, 0.25) is 5.02 Å². The first-order chi connectivity index (χ1) is 11.5. The van der Waals surface area contributed by atoms with Crippen LogP contribution >= 0.6 is 11.6 Å². The molecule has 126 valence electrons. The summed E-state index contributed by atoms with van der Waals surface area (Å²) in [5, 5.41) is 3.36. The molecule has 6 heteroatoms. The molecule has 24 heavy (non-hydrogen) atoms. The van der Waals surface area contributed by atoms with Crippen LogP contribution < -0.4 is 5.32 Å². The number of aromatic nitrogens is 1. The number of carbonyl (C=O) groups excluding carboxylic acids is 2. The Hall–Kier alpha value is -2.40. The number of anilines is 1. The fourth-order valence-corrected chi connectivity index (χ4v) is 2.42. The summed E-state index contributed by atoms with van der Waals surface area (Å²) in [6.45, 7) is 6.88. The van der Waals surface area contributed by atoms with Gasteiger partial charge < -0.3 is 10.2 Å². The summed E-state index contributed by atoms with van der Waals surface area (Å²) in [5.41, 5.74) is 2.17. The first-order valence-electron chi connectivity index (χ1n) is 7.79. The normalized spacial score (nSPS) is 10.3. The Labute approximate surface area is 146 Å². The van der Waals surface area contributed by atoms with E-state index >= 15 is 0 Å². The minimum absolute atomic E-state index is 0.187. The predicted octanol–water partition coefficient (Wildman–Crippen LogP) is 3.78. The lowest BCUT2D eigenvalue weighted by atomic mass is 10.2. The number of pyridine rings is 1. The molecule has 2 amide bonds. The fraction of sp³-hybridized carbons (Fsp3) is 0.278. The Balaban J connectivity index is 2.19. The maximum absolute atomic E-state index is 12.4. The molecule has 1 aromatic carbocycles. The van der Waals surface area contributed by atoms with Crippen molar-refractivity contribution in [3.05, 3.63) is 58.4 Å². The molecule has 0 fully saturated rings. The molecular weight excluding hydrogens is 326 g/mol. The maximum Gasteiger partial charge on any atom is 0.272 e. The highest BCUT2D eigenvalue weighted by atomic mass is 35.5. The number of aryl methyl sites for hydroxylation is 1. The molecule has 0 bridgehead atoms. The quantitative estimate of drug-likeness (QED) is 0.897. The molecule has 2 aromatic rings. The van der Waals surface area contributed by atoms with Crippen LogP contribution in [-0.4, -0.2) is 34.8 Å². The second kappa shape index (κ2) is 7.93. The van der Waals surface area contributed by atoms with E-state index in [1.54, 1.807) is 23.1 Å². The highest BCUT2D eigenvalue weighted by Crippen LogP contribution is 2.20. The Bertz CT molecular complexity index is 758. The average Bonchev–Trinajstić information content (AvgIpc) is 2.59. The van der Waals surface area contributed by atoms with E-state index in [9.17, 15) is 9.59 Å². The van der Waals surface area contributed by atoms with Crippen LogP contribution in [0, 0.1) is 6.92 Å². The lowest BCUT2D eigenvalue weighted by molar-refractivity contribution is 0.0767. The van der Waals surface area contributed by atoms with Gasteiger partial charge in [-0.2, -0.15) is 0 Å². The van der Waals surface area contributed by atoms with Gasteiger partial charge in [0.05, 0.1) is 0 Å². The lowest BCUT2D eigenvalue weighted by Crippen LogP contribution is -2.31. The van der Waals surface area contributed by atoms with Gasteiger partial charge in [-0.25, -0.2) is 0 Å². The molecule has 1 aromatic heterocycles. The average molecular weight is 346 g/mol. The van der Waals surface area contributed by atoms with Gasteiger partial charge in [0, 0.05) is 35.6 Å². The summed E-state index contributed by atoms with van der Waals surface area (Å²) in [6.07, 6.45) is 1.47. The molecule has 0 aliphatic carbocycles. The third kappa shape index (κ3) is 4.11. The Kier molecular flexibility index (Phi) is 5.93. The van der Waals surface area contributed by atoms with Gasteiger partial charge in [0.15, 0.2) is 0 Å². The molecule has 0 radical (unpaired) electrons.